The van der Waals surface area contributed by atoms with E-state index in [1.54, 1.807) is 7.11 Å². The molecular weight excluding hydrogens is 372 g/mol. The Morgan fingerprint density at radius 3 is 2.40 bits per heavy atom. The van der Waals surface area contributed by atoms with E-state index in [9.17, 15) is 5.11 Å². The minimum Gasteiger partial charge on any atom is -0.508 e. The van der Waals surface area contributed by atoms with Gasteiger partial charge in [-0.2, -0.15) is 0 Å². The highest BCUT2D eigenvalue weighted by Gasteiger charge is 2.57. The van der Waals surface area contributed by atoms with Crippen LogP contribution >= 0.6 is 0 Å². The molecule has 0 aromatic heterocycles. The van der Waals surface area contributed by atoms with Gasteiger partial charge in [-0.1, -0.05) is 56.6 Å². The predicted molar refractivity (Wildman–Crippen MR) is 127 cm³/mol. The van der Waals surface area contributed by atoms with Crippen LogP contribution in [0.4, 0.5) is 0 Å². The molecule has 0 amide bonds. The fraction of sp³-hybridized carbons (Fsp3) is 0.462. The highest BCUT2D eigenvalue weighted by Crippen LogP contribution is 2.48. The van der Waals surface area contributed by atoms with Gasteiger partial charge in [-0.3, -0.25) is 0 Å². The molecule has 2 unspecified atom stereocenters. The maximum atomic E-state index is 10.9. The first-order valence-corrected chi connectivity index (χ1v) is 10.6. The van der Waals surface area contributed by atoms with Gasteiger partial charge in [0, 0.05) is 12.7 Å². The largest absolute Gasteiger partial charge is 0.508 e. The Bertz CT molecular complexity index is 1040. The highest BCUT2D eigenvalue weighted by atomic mass is 16.5. The van der Waals surface area contributed by atoms with E-state index >= 15 is 0 Å². The van der Waals surface area contributed by atoms with Crippen molar-refractivity contribution in [3.05, 3.63) is 59.4 Å². The summed E-state index contributed by atoms with van der Waals surface area (Å²) in [6.45, 7) is 18.0. The van der Waals surface area contributed by atoms with Crippen LogP contribution < -0.4 is 0 Å². The van der Waals surface area contributed by atoms with Crippen LogP contribution in [0, 0.1) is 0 Å². The fourth-order valence-electron chi connectivity index (χ4n) is 4.83. The second-order valence-electron chi connectivity index (χ2n) is 9.62. The van der Waals surface area contributed by atoms with Gasteiger partial charge in [-0.05, 0) is 54.2 Å². The number of rotatable bonds is 5. The Morgan fingerprint density at radius 1 is 1.23 bits per heavy atom. The molecule has 1 aliphatic rings. The van der Waals surface area contributed by atoms with Crippen LogP contribution in [0.25, 0.3) is 10.8 Å². The van der Waals surface area contributed by atoms with E-state index < -0.39 is 11.0 Å². The van der Waals surface area contributed by atoms with E-state index in [0.717, 1.165) is 5.56 Å². The Labute approximate surface area is 180 Å². The van der Waals surface area contributed by atoms with Crippen molar-refractivity contribution in [3.63, 3.8) is 0 Å². The molecule has 4 heteroatoms. The molecule has 3 rings (SSSR count). The van der Waals surface area contributed by atoms with E-state index in [1.165, 1.54) is 21.9 Å². The monoisotopic (exact) mass is 407 g/mol. The number of fused-ring (bicyclic) bond motifs is 3. The van der Waals surface area contributed by atoms with E-state index in [-0.39, 0.29) is 11.2 Å². The molecule has 1 aliphatic heterocycles. The minimum absolute atomic E-state index is 0.0101. The van der Waals surface area contributed by atoms with Crippen LogP contribution in [0.1, 0.15) is 58.2 Å². The molecule has 0 saturated carbocycles. The third-order valence-corrected chi connectivity index (χ3v) is 6.69. The summed E-state index contributed by atoms with van der Waals surface area (Å²) in [4.78, 5) is 4.48. The Kier molecular flexibility index (Phi) is 5.68. The van der Waals surface area contributed by atoms with Crippen LogP contribution in [-0.2, 0) is 15.6 Å². The van der Waals surface area contributed by atoms with Gasteiger partial charge in [0.25, 0.3) is 6.34 Å². The average Bonchev–Trinajstić information content (AvgIpc) is 2.68. The zero-order chi connectivity index (χ0) is 22.3. The number of aliphatic imine (C=N–C) groups is 1. The summed E-state index contributed by atoms with van der Waals surface area (Å²) in [7, 11) is 1.71. The zero-order valence-corrected chi connectivity index (χ0v) is 19.4. The number of nitrogens with zero attached hydrogens (tertiary/aromatic N) is 2. The Morgan fingerprint density at radius 2 is 1.87 bits per heavy atom. The van der Waals surface area contributed by atoms with Crippen LogP contribution in [0.3, 0.4) is 0 Å². The van der Waals surface area contributed by atoms with Crippen molar-refractivity contribution in [1.29, 1.82) is 0 Å². The molecule has 4 nitrogen and oxygen atoms in total. The average molecular weight is 408 g/mol. The highest BCUT2D eigenvalue weighted by molar-refractivity contribution is 5.98. The van der Waals surface area contributed by atoms with E-state index in [1.807, 2.05) is 24.8 Å². The summed E-state index contributed by atoms with van der Waals surface area (Å²) in [6.07, 6.45) is 3.90. The van der Waals surface area contributed by atoms with Gasteiger partial charge in [0.05, 0.1) is 18.2 Å². The summed E-state index contributed by atoms with van der Waals surface area (Å²) in [6, 6.07) is 10.8. The quantitative estimate of drug-likeness (QED) is 0.314. The van der Waals surface area contributed by atoms with Gasteiger partial charge >= 0.3 is 0 Å². The molecule has 0 radical (unpaired) electrons. The summed E-state index contributed by atoms with van der Waals surface area (Å²) < 4.78 is 7.75. The van der Waals surface area contributed by atoms with E-state index in [2.05, 4.69) is 75.8 Å². The normalized spacial score (nSPS) is 24.2. The van der Waals surface area contributed by atoms with Crippen molar-refractivity contribution in [2.75, 3.05) is 20.3 Å². The number of hydrogen-bond donors (Lipinski definition) is 1. The molecule has 2 aromatic carbocycles. The third kappa shape index (κ3) is 3.18. The first-order chi connectivity index (χ1) is 14.0. The smallest absolute Gasteiger partial charge is 0.280 e. The van der Waals surface area contributed by atoms with Crippen molar-refractivity contribution in [2.24, 2.45) is 4.99 Å². The van der Waals surface area contributed by atoms with Gasteiger partial charge in [0.1, 0.15) is 12.3 Å². The zero-order valence-electron chi connectivity index (χ0n) is 19.4. The van der Waals surface area contributed by atoms with Crippen molar-refractivity contribution in [2.45, 2.75) is 57.9 Å². The number of methoxy groups -OCH3 is 1. The molecule has 1 N–H and O–H groups in total. The topological polar surface area (TPSA) is 44.8 Å². The maximum Gasteiger partial charge on any atom is 0.280 e. The lowest BCUT2D eigenvalue weighted by atomic mass is 9.62. The van der Waals surface area contributed by atoms with Crippen LogP contribution in [-0.4, -0.2) is 48.0 Å². The molecule has 160 valence electrons. The second kappa shape index (κ2) is 7.66. The molecule has 1 heterocycles. The third-order valence-electron chi connectivity index (χ3n) is 6.69. The lowest BCUT2D eigenvalue weighted by molar-refractivity contribution is -0.502. The molecule has 2 aromatic rings. The van der Waals surface area contributed by atoms with Crippen molar-refractivity contribution < 1.29 is 14.4 Å². The summed E-state index contributed by atoms with van der Waals surface area (Å²) in [5, 5.41) is 13.3. The van der Waals surface area contributed by atoms with Crippen LogP contribution in [0.5, 0.6) is 0 Å². The molecule has 0 spiro atoms. The van der Waals surface area contributed by atoms with E-state index in [0.29, 0.717) is 13.2 Å². The molecule has 0 aliphatic carbocycles. The number of hydrogen-bond acceptors (Lipinski definition) is 3. The van der Waals surface area contributed by atoms with Gasteiger partial charge in [-0.15, -0.1) is 0 Å². The molecule has 0 bridgehead atoms. The number of benzene rings is 2. The predicted octanol–water partition coefficient (Wildman–Crippen LogP) is 5.37. The summed E-state index contributed by atoms with van der Waals surface area (Å²) in [5.74, 6) is 0.0930. The van der Waals surface area contributed by atoms with Gasteiger partial charge in [0.15, 0.2) is 5.54 Å². The van der Waals surface area contributed by atoms with Gasteiger partial charge in [-0.25, -0.2) is 4.58 Å². The first-order valence-electron chi connectivity index (χ1n) is 10.6. The van der Waals surface area contributed by atoms with Crippen LogP contribution in [0.15, 0.2) is 47.7 Å². The Hall–Kier alpha value is -2.46. The lowest BCUT2D eigenvalue weighted by Gasteiger charge is -2.47. The Balaban J connectivity index is 2.54. The molecule has 0 fully saturated rings. The van der Waals surface area contributed by atoms with Crippen molar-refractivity contribution >= 4 is 23.3 Å². The van der Waals surface area contributed by atoms with Gasteiger partial charge in [0.2, 0.25) is 0 Å². The van der Waals surface area contributed by atoms with Crippen molar-refractivity contribution in [3.8, 4) is 0 Å². The number of aliphatic hydroxyl groups excluding tert-OH is 1. The maximum absolute atomic E-state index is 10.9. The molecule has 2 atom stereocenters. The van der Waals surface area contributed by atoms with Crippen LogP contribution in [0.2, 0.25) is 0 Å². The number of aliphatic hydroxyl groups is 1. The summed E-state index contributed by atoms with van der Waals surface area (Å²) in [5.41, 5.74) is 2.20. The molecule has 30 heavy (non-hydrogen) atoms. The standard InChI is InChI=1S/C26H34N2O2/c1-9-27-17-28-15-19-14-22(24(3,4)5)20-12-10-11-13-21(20)23(19)25(6,16-30-8)26(28,7)18(2)29/h10-15,17H,2,9,16H2,1,3-8H3/p+1. The fourth-order valence-corrected chi connectivity index (χ4v) is 4.83. The van der Waals surface area contributed by atoms with Gasteiger partial charge < -0.3 is 9.84 Å². The number of ether oxygens (including phenoxy) is 1. The first kappa shape index (κ1) is 22.2. The van der Waals surface area contributed by atoms with Crippen molar-refractivity contribution in [1.82, 2.24) is 0 Å². The SMILES string of the molecule is C=C(O)C1(C)[N+](C=NCC)=Cc2cc(C(C)(C)C)c3ccccc3c2C1(C)COC. The molecular formula is C26H35N2O2+. The summed E-state index contributed by atoms with van der Waals surface area (Å²) >= 11 is 0. The second-order valence-corrected chi connectivity index (χ2v) is 9.62. The molecule has 0 saturated heterocycles. The van der Waals surface area contributed by atoms with E-state index in [4.69, 9.17) is 4.74 Å². The lowest BCUT2D eigenvalue weighted by Crippen LogP contribution is -2.61. The minimum atomic E-state index is -0.819.